The van der Waals surface area contributed by atoms with Crippen molar-refractivity contribution < 1.29 is 19.8 Å². The highest BCUT2D eigenvalue weighted by Gasteiger charge is 2.46. The minimum atomic E-state index is -0.877. The minimum Gasteiger partial charge on any atom is -0.508 e. The average molecular weight is 456 g/mol. The van der Waals surface area contributed by atoms with Crippen LogP contribution in [0.3, 0.4) is 0 Å². The number of rotatable bonds is 3. The van der Waals surface area contributed by atoms with E-state index in [9.17, 15) is 19.8 Å². The first-order valence-corrected chi connectivity index (χ1v) is 10.7. The summed E-state index contributed by atoms with van der Waals surface area (Å²) in [5.74, 6) is -1.74. The van der Waals surface area contributed by atoms with Gasteiger partial charge in [-0.15, -0.1) is 0 Å². The van der Waals surface area contributed by atoms with Gasteiger partial charge in [0, 0.05) is 16.3 Å². The zero-order valence-electron chi connectivity index (χ0n) is 17.3. The van der Waals surface area contributed by atoms with Crippen LogP contribution in [-0.4, -0.2) is 21.9 Å². The summed E-state index contributed by atoms with van der Waals surface area (Å²) in [5.41, 5.74) is 1.46. The third kappa shape index (κ3) is 3.62. The van der Waals surface area contributed by atoms with E-state index in [1.807, 2.05) is 30.3 Å². The van der Waals surface area contributed by atoms with Gasteiger partial charge < -0.3 is 10.2 Å². The number of phenolic OH excluding ortho intramolecular Hbond substituents is 1. The maximum absolute atomic E-state index is 13.2. The maximum Gasteiger partial charge on any atom is 0.300 e. The standard InChI is InChI=1S/C27H18ClNO4/c28-20-9-11-21(12-10-20)29-24(17-7-13-22(30)14-8-17)23(26(32)27(29)33)25(31)19-6-5-16-3-1-2-4-18(16)15-19/h1-15,24,30-31H/b25-23-. The molecule has 4 aromatic rings. The first-order chi connectivity index (χ1) is 15.9. The zero-order valence-corrected chi connectivity index (χ0v) is 18.0. The largest absolute Gasteiger partial charge is 0.508 e. The predicted molar refractivity (Wildman–Crippen MR) is 128 cm³/mol. The van der Waals surface area contributed by atoms with Gasteiger partial charge in [0.15, 0.2) is 0 Å². The Hall–Kier alpha value is -4.09. The molecule has 1 unspecified atom stereocenters. The van der Waals surface area contributed by atoms with E-state index < -0.39 is 17.7 Å². The third-order valence-electron chi connectivity index (χ3n) is 5.78. The highest BCUT2D eigenvalue weighted by Crippen LogP contribution is 2.42. The first kappa shape index (κ1) is 20.8. The Bertz CT molecular complexity index is 1420. The summed E-state index contributed by atoms with van der Waals surface area (Å²) in [6.07, 6.45) is 0. The normalized spacial score (nSPS) is 17.6. The minimum absolute atomic E-state index is 0.0177. The van der Waals surface area contributed by atoms with E-state index in [2.05, 4.69) is 0 Å². The number of hydrogen-bond acceptors (Lipinski definition) is 4. The Kier molecular flexibility index (Phi) is 5.11. The lowest BCUT2D eigenvalue weighted by molar-refractivity contribution is -0.132. The quantitative estimate of drug-likeness (QED) is 0.231. The molecule has 0 aromatic heterocycles. The molecule has 0 saturated carbocycles. The molecular weight excluding hydrogens is 438 g/mol. The van der Waals surface area contributed by atoms with Gasteiger partial charge in [-0.25, -0.2) is 0 Å². The first-order valence-electron chi connectivity index (χ1n) is 10.3. The van der Waals surface area contributed by atoms with Gasteiger partial charge in [0.2, 0.25) is 0 Å². The molecule has 1 amide bonds. The number of carbonyl (C=O) groups excluding carboxylic acids is 2. The monoisotopic (exact) mass is 455 g/mol. The van der Waals surface area contributed by atoms with Gasteiger partial charge in [0.1, 0.15) is 11.5 Å². The second-order valence-electron chi connectivity index (χ2n) is 7.80. The van der Waals surface area contributed by atoms with E-state index >= 15 is 0 Å². The predicted octanol–water partition coefficient (Wildman–Crippen LogP) is 5.83. The Morgan fingerprint density at radius 3 is 2.18 bits per heavy atom. The number of ketones is 1. The number of nitrogens with zero attached hydrogens (tertiary/aromatic N) is 1. The fourth-order valence-electron chi connectivity index (χ4n) is 4.16. The Morgan fingerprint density at radius 1 is 0.818 bits per heavy atom. The van der Waals surface area contributed by atoms with Crippen molar-refractivity contribution in [3.05, 3.63) is 113 Å². The van der Waals surface area contributed by atoms with Crippen molar-refractivity contribution in [1.82, 2.24) is 0 Å². The van der Waals surface area contributed by atoms with E-state index in [4.69, 9.17) is 11.6 Å². The molecule has 6 heteroatoms. The molecule has 1 saturated heterocycles. The van der Waals surface area contributed by atoms with E-state index in [0.717, 1.165) is 10.8 Å². The van der Waals surface area contributed by atoms with Crippen molar-refractivity contribution in [3.8, 4) is 5.75 Å². The smallest absolute Gasteiger partial charge is 0.300 e. The van der Waals surface area contributed by atoms with Crippen molar-refractivity contribution in [2.45, 2.75) is 6.04 Å². The van der Waals surface area contributed by atoms with Gasteiger partial charge in [-0.3, -0.25) is 14.5 Å². The molecule has 162 valence electrons. The number of halogens is 1. The maximum atomic E-state index is 13.2. The zero-order chi connectivity index (χ0) is 23.1. The fourth-order valence-corrected chi connectivity index (χ4v) is 4.29. The molecule has 2 N–H and O–H groups in total. The van der Waals surface area contributed by atoms with E-state index in [0.29, 0.717) is 21.8 Å². The SMILES string of the molecule is O=C1C(=O)N(c2ccc(Cl)cc2)C(c2ccc(O)cc2)/C1=C(/O)c1ccc2ccccc2c1. The molecule has 1 heterocycles. The summed E-state index contributed by atoms with van der Waals surface area (Å²) >= 11 is 6.01. The van der Waals surface area contributed by atoms with Crippen molar-refractivity contribution in [3.63, 3.8) is 0 Å². The van der Waals surface area contributed by atoms with Gasteiger partial charge in [0.05, 0.1) is 11.6 Å². The highest BCUT2D eigenvalue weighted by molar-refractivity contribution is 6.51. The number of benzene rings is 4. The van der Waals surface area contributed by atoms with Crippen LogP contribution in [0.25, 0.3) is 16.5 Å². The summed E-state index contributed by atoms with van der Waals surface area (Å²) in [6.45, 7) is 0. The van der Waals surface area contributed by atoms with Crippen LogP contribution < -0.4 is 4.90 Å². The molecular formula is C27H18ClNO4. The fraction of sp³-hybridized carbons (Fsp3) is 0.0370. The number of aliphatic hydroxyl groups is 1. The van der Waals surface area contributed by atoms with Crippen LogP contribution in [0, 0.1) is 0 Å². The Balaban J connectivity index is 1.72. The van der Waals surface area contributed by atoms with Crippen molar-refractivity contribution >= 4 is 45.5 Å². The number of phenols is 1. The van der Waals surface area contributed by atoms with Crippen LogP contribution in [-0.2, 0) is 9.59 Å². The number of aromatic hydroxyl groups is 1. The van der Waals surface area contributed by atoms with E-state index in [-0.39, 0.29) is 17.1 Å². The van der Waals surface area contributed by atoms with Gasteiger partial charge in [-0.05, 0) is 58.8 Å². The summed E-state index contributed by atoms with van der Waals surface area (Å²) in [5, 5.41) is 23.4. The number of Topliss-reactive ketones (excluding diaryl/α,β-unsaturated/α-hetero) is 1. The molecule has 1 aliphatic rings. The van der Waals surface area contributed by atoms with Gasteiger partial charge in [-0.1, -0.05) is 60.1 Å². The molecule has 0 spiro atoms. The number of hydrogen-bond donors (Lipinski definition) is 2. The van der Waals surface area contributed by atoms with Crippen molar-refractivity contribution in [2.24, 2.45) is 0 Å². The van der Waals surface area contributed by atoms with Crippen LogP contribution >= 0.6 is 11.6 Å². The van der Waals surface area contributed by atoms with Crippen LogP contribution in [0.4, 0.5) is 5.69 Å². The number of aliphatic hydroxyl groups excluding tert-OH is 1. The van der Waals surface area contributed by atoms with Gasteiger partial charge in [-0.2, -0.15) is 0 Å². The lowest BCUT2D eigenvalue weighted by Crippen LogP contribution is -2.29. The van der Waals surface area contributed by atoms with Gasteiger partial charge >= 0.3 is 0 Å². The molecule has 4 aromatic carbocycles. The molecule has 33 heavy (non-hydrogen) atoms. The molecule has 5 nitrogen and oxygen atoms in total. The summed E-state index contributed by atoms with van der Waals surface area (Å²) in [7, 11) is 0. The number of carbonyl (C=O) groups is 2. The van der Waals surface area contributed by atoms with Gasteiger partial charge in [0.25, 0.3) is 11.7 Å². The topological polar surface area (TPSA) is 77.8 Å². The van der Waals surface area contributed by atoms with E-state index in [1.165, 1.54) is 17.0 Å². The lowest BCUT2D eigenvalue weighted by atomic mass is 9.94. The third-order valence-corrected chi connectivity index (χ3v) is 6.03. The summed E-state index contributed by atoms with van der Waals surface area (Å²) in [6, 6.07) is 24.9. The number of anilines is 1. The second kappa shape index (κ2) is 8.11. The average Bonchev–Trinajstić information content (AvgIpc) is 3.10. The number of amides is 1. The molecule has 1 aliphatic heterocycles. The van der Waals surface area contributed by atoms with Crippen LogP contribution in [0.15, 0.2) is 96.6 Å². The molecule has 1 atom stereocenters. The summed E-state index contributed by atoms with van der Waals surface area (Å²) < 4.78 is 0. The summed E-state index contributed by atoms with van der Waals surface area (Å²) in [4.78, 5) is 27.7. The Labute approximate surface area is 194 Å². The molecule has 1 fully saturated rings. The molecule has 0 aliphatic carbocycles. The Morgan fingerprint density at radius 2 is 1.48 bits per heavy atom. The van der Waals surface area contributed by atoms with E-state index in [1.54, 1.807) is 48.5 Å². The highest BCUT2D eigenvalue weighted by atomic mass is 35.5. The second-order valence-corrected chi connectivity index (χ2v) is 8.24. The lowest BCUT2D eigenvalue weighted by Gasteiger charge is -2.25. The van der Waals surface area contributed by atoms with Crippen molar-refractivity contribution in [1.29, 1.82) is 0 Å². The van der Waals surface area contributed by atoms with Crippen molar-refractivity contribution in [2.75, 3.05) is 4.90 Å². The van der Waals surface area contributed by atoms with Crippen LogP contribution in [0.5, 0.6) is 5.75 Å². The van der Waals surface area contributed by atoms with Crippen LogP contribution in [0.1, 0.15) is 17.2 Å². The molecule has 0 radical (unpaired) electrons. The molecule has 0 bridgehead atoms. The number of fused-ring (bicyclic) bond motifs is 1. The molecule has 5 rings (SSSR count). The van der Waals surface area contributed by atoms with Crippen LogP contribution in [0.2, 0.25) is 5.02 Å².